The highest BCUT2D eigenvalue weighted by Gasteiger charge is 2.28. The number of allylic oxidation sites excluding steroid dienone is 1. The van der Waals surface area contributed by atoms with Gasteiger partial charge in [-0.25, -0.2) is 8.42 Å². The summed E-state index contributed by atoms with van der Waals surface area (Å²) in [6.45, 7) is 1.80. The van der Waals surface area contributed by atoms with Crippen LogP contribution >= 0.6 is 0 Å². The van der Waals surface area contributed by atoms with Gasteiger partial charge in [-0.15, -0.1) is 0 Å². The molecule has 1 aliphatic heterocycles. The second-order valence-electron chi connectivity index (χ2n) is 8.34. The van der Waals surface area contributed by atoms with Crippen molar-refractivity contribution in [2.24, 2.45) is 0 Å². The number of carbonyl (C=O) groups excluding carboxylic acids is 1. The number of hydrogen-bond acceptors (Lipinski definition) is 6. The third-order valence-electron chi connectivity index (χ3n) is 5.38. The van der Waals surface area contributed by atoms with E-state index in [0.29, 0.717) is 17.0 Å². The Morgan fingerprint density at radius 1 is 1.18 bits per heavy atom. The Balaban J connectivity index is 1.69. The number of anilines is 1. The van der Waals surface area contributed by atoms with Gasteiger partial charge in [0.05, 0.1) is 24.6 Å². The molecule has 1 aromatic heterocycles. The number of benzene rings is 2. The zero-order valence-electron chi connectivity index (χ0n) is 19.1. The molecule has 0 fully saturated rings. The van der Waals surface area contributed by atoms with Gasteiger partial charge in [0.25, 0.3) is 0 Å². The summed E-state index contributed by atoms with van der Waals surface area (Å²) in [7, 11) is 2.28. The highest BCUT2D eigenvalue weighted by molar-refractivity contribution is 7.92. The lowest BCUT2D eigenvalue weighted by atomic mass is 10.1. The standard InChI is InChI=1S/C24H27N3O5S/c1-26(2)10-5-11-27-15-16(20-14-18(31-3)7-9-21(20)27)12-23-24(28)19-8-6-17(13-22(19)32-23)25-33(4,29)30/h6-9,12-15,25H,5,10-11H2,1-4H3. The van der Waals surface area contributed by atoms with Crippen LogP contribution in [0.25, 0.3) is 17.0 Å². The van der Waals surface area contributed by atoms with Crippen LogP contribution in [0.2, 0.25) is 0 Å². The van der Waals surface area contributed by atoms with Crippen LogP contribution in [0, 0.1) is 0 Å². The Bertz CT molecular complexity index is 1360. The Morgan fingerprint density at radius 2 is 1.97 bits per heavy atom. The normalized spacial score (nSPS) is 14.7. The fourth-order valence-electron chi connectivity index (χ4n) is 3.89. The first-order valence-corrected chi connectivity index (χ1v) is 12.4. The maximum Gasteiger partial charge on any atom is 0.231 e. The van der Waals surface area contributed by atoms with Crippen molar-refractivity contribution in [1.82, 2.24) is 9.47 Å². The van der Waals surface area contributed by atoms with Crippen molar-refractivity contribution in [1.29, 1.82) is 0 Å². The van der Waals surface area contributed by atoms with Gasteiger partial charge in [-0.1, -0.05) is 0 Å². The van der Waals surface area contributed by atoms with Crippen LogP contribution in [0.15, 0.2) is 48.4 Å². The van der Waals surface area contributed by atoms with Crippen LogP contribution in [-0.4, -0.2) is 57.7 Å². The Morgan fingerprint density at radius 3 is 2.67 bits per heavy atom. The molecule has 1 N–H and O–H groups in total. The largest absolute Gasteiger partial charge is 0.497 e. The number of aryl methyl sites for hydroxylation is 1. The van der Waals surface area contributed by atoms with Gasteiger partial charge in [-0.05, 0) is 63.5 Å². The predicted molar refractivity (Wildman–Crippen MR) is 130 cm³/mol. The number of sulfonamides is 1. The van der Waals surface area contributed by atoms with Crippen molar-refractivity contribution < 1.29 is 22.7 Å². The average Bonchev–Trinajstić information content (AvgIpc) is 3.23. The number of carbonyl (C=O) groups is 1. The van der Waals surface area contributed by atoms with Gasteiger partial charge < -0.3 is 18.9 Å². The van der Waals surface area contributed by atoms with Crippen LogP contribution in [0.4, 0.5) is 5.69 Å². The van der Waals surface area contributed by atoms with Crippen molar-refractivity contribution in [2.45, 2.75) is 13.0 Å². The van der Waals surface area contributed by atoms with Crippen LogP contribution in [0.3, 0.4) is 0 Å². The Labute approximate surface area is 193 Å². The van der Waals surface area contributed by atoms with Gasteiger partial charge in [0, 0.05) is 35.3 Å². The molecule has 0 saturated carbocycles. The molecule has 2 heterocycles. The van der Waals surface area contributed by atoms with E-state index in [2.05, 4.69) is 14.2 Å². The molecule has 0 aliphatic carbocycles. The molecule has 1 aliphatic rings. The molecule has 4 rings (SSSR count). The Hall–Kier alpha value is -3.30. The highest BCUT2D eigenvalue weighted by Crippen LogP contribution is 2.36. The molecule has 0 radical (unpaired) electrons. The molecule has 2 aromatic carbocycles. The average molecular weight is 470 g/mol. The van der Waals surface area contributed by atoms with Gasteiger partial charge in [0.15, 0.2) is 5.76 Å². The van der Waals surface area contributed by atoms with Crippen molar-refractivity contribution in [2.75, 3.05) is 38.7 Å². The number of ether oxygens (including phenoxy) is 2. The van der Waals surface area contributed by atoms with Gasteiger partial charge in [-0.3, -0.25) is 9.52 Å². The summed E-state index contributed by atoms with van der Waals surface area (Å²) >= 11 is 0. The number of aromatic nitrogens is 1. The molecule has 0 amide bonds. The van der Waals surface area contributed by atoms with Crippen molar-refractivity contribution in [3.63, 3.8) is 0 Å². The topological polar surface area (TPSA) is 89.9 Å². The molecule has 3 aromatic rings. The second-order valence-corrected chi connectivity index (χ2v) is 10.1. The van der Waals surface area contributed by atoms with Gasteiger partial charge in [0.1, 0.15) is 11.5 Å². The number of rotatable bonds is 8. The summed E-state index contributed by atoms with van der Waals surface area (Å²) in [5, 5.41) is 0.957. The van der Waals surface area contributed by atoms with E-state index >= 15 is 0 Å². The van der Waals surface area contributed by atoms with E-state index in [4.69, 9.17) is 9.47 Å². The number of methoxy groups -OCH3 is 1. The first-order chi connectivity index (χ1) is 15.6. The third-order valence-corrected chi connectivity index (χ3v) is 5.99. The summed E-state index contributed by atoms with van der Waals surface area (Å²) in [6.07, 6.45) is 5.80. The maximum absolute atomic E-state index is 12.9. The maximum atomic E-state index is 12.9. The quantitative estimate of drug-likeness (QED) is 0.507. The van der Waals surface area contributed by atoms with Crippen molar-refractivity contribution >= 4 is 38.5 Å². The fourth-order valence-corrected chi connectivity index (χ4v) is 4.45. The minimum atomic E-state index is -3.43. The van der Waals surface area contributed by atoms with Crippen LogP contribution < -0.4 is 14.2 Å². The minimum Gasteiger partial charge on any atom is -0.497 e. The third kappa shape index (κ3) is 5.04. The van der Waals surface area contributed by atoms with Gasteiger partial charge in [-0.2, -0.15) is 0 Å². The van der Waals surface area contributed by atoms with Crippen molar-refractivity contribution in [3.8, 4) is 11.5 Å². The van der Waals surface area contributed by atoms with E-state index in [-0.39, 0.29) is 11.5 Å². The Kier molecular flexibility index (Phi) is 6.18. The fraction of sp³-hybridized carbons (Fsp3) is 0.292. The van der Waals surface area contributed by atoms with E-state index < -0.39 is 10.0 Å². The smallest absolute Gasteiger partial charge is 0.231 e. The minimum absolute atomic E-state index is 0.191. The number of hydrogen-bond donors (Lipinski definition) is 1. The van der Waals surface area contributed by atoms with Crippen LogP contribution in [-0.2, 0) is 16.6 Å². The van der Waals surface area contributed by atoms with Crippen molar-refractivity contribution in [3.05, 3.63) is 59.5 Å². The summed E-state index contributed by atoms with van der Waals surface area (Å²) in [4.78, 5) is 15.1. The molecule has 0 bridgehead atoms. The molecular weight excluding hydrogens is 442 g/mol. The molecule has 0 spiro atoms. The molecule has 0 atom stereocenters. The zero-order valence-corrected chi connectivity index (χ0v) is 19.9. The first kappa shape index (κ1) is 22.9. The number of Topliss-reactive ketones (excluding diaryl/α,β-unsaturated/α-hetero) is 1. The van der Waals surface area contributed by atoms with E-state index in [1.165, 1.54) is 6.07 Å². The lowest BCUT2D eigenvalue weighted by molar-refractivity contribution is 0.101. The lowest BCUT2D eigenvalue weighted by Gasteiger charge is -2.10. The number of ketones is 1. The lowest BCUT2D eigenvalue weighted by Crippen LogP contribution is -2.14. The number of fused-ring (bicyclic) bond motifs is 2. The summed E-state index contributed by atoms with van der Waals surface area (Å²) in [5.41, 5.74) is 2.63. The van der Waals surface area contributed by atoms with Gasteiger partial charge in [0.2, 0.25) is 15.8 Å². The molecule has 0 saturated heterocycles. The molecule has 9 heteroatoms. The summed E-state index contributed by atoms with van der Waals surface area (Å²) in [5.74, 6) is 1.00. The SMILES string of the molecule is COc1ccc2c(c1)c(C=C1Oc3cc(NS(C)(=O)=O)ccc3C1=O)cn2CCCN(C)C. The predicted octanol–water partition coefficient (Wildman–Crippen LogP) is 3.59. The van der Waals surface area contributed by atoms with Crippen LogP contribution in [0.1, 0.15) is 22.3 Å². The molecular formula is C24H27N3O5S. The number of nitrogens with zero attached hydrogens (tertiary/aromatic N) is 2. The van der Waals surface area contributed by atoms with E-state index in [9.17, 15) is 13.2 Å². The summed E-state index contributed by atoms with van der Waals surface area (Å²) < 4.78 is 38.8. The van der Waals surface area contributed by atoms with E-state index in [0.717, 1.165) is 48.0 Å². The second kappa shape index (κ2) is 8.92. The summed E-state index contributed by atoms with van der Waals surface area (Å²) in [6, 6.07) is 10.5. The highest BCUT2D eigenvalue weighted by atomic mass is 32.2. The zero-order chi connectivity index (χ0) is 23.8. The molecule has 8 nitrogen and oxygen atoms in total. The monoisotopic (exact) mass is 469 g/mol. The van der Waals surface area contributed by atoms with Gasteiger partial charge >= 0.3 is 0 Å². The molecule has 174 valence electrons. The number of nitrogens with one attached hydrogen (secondary N) is 1. The van der Waals surface area contributed by atoms with E-state index in [1.807, 2.05) is 38.5 Å². The first-order valence-electron chi connectivity index (χ1n) is 10.5. The van der Waals surface area contributed by atoms with E-state index in [1.54, 1.807) is 25.3 Å². The molecule has 33 heavy (non-hydrogen) atoms. The molecule has 0 unspecified atom stereocenters. The van der Waals surface area contributed by atoms with Crippen LogP contribution in [0.5, 0.6) is 11.5 Å².